The third-order valence-electron chi connectivity index (χ3n) is 2.87. The number of carbonyl (C=O) groups is 1. The molecule has 1 saturated heterocycles. The smallest absolute Gasteiger partial charge is 0.409 e. The molecule has 1 rings (SSSR count). The summed E-state index contributed by atoms with van der Waals surface area (Å²) in [5, 5.41) is 3.25. The van der Waals surface area contributed by atoms with E-state index in [9.17, 15) is 4.79 Å². The van der Waals surface area contributed by atoms with Crippen LogP contribution in [-0.4, -0.2) is 70.7 Å². The van der Waals surface area contributed by atoms with Crippen molar-refractivity contribution in [1.29, 1.82) is 0 Å². The number of nitrogens with one attached hydrogen (secondary N) is 1. The Morgan fingerprint density at radius 2 is 1.95 bits per heavy atom. The minimum Gasteiger partial charge on any atom is -0.448 e. The van der Waals surface area contributed by atoms with Gasteiger partial charge in [0.15, 0.2) is 0 Å². The second kappa shape index (κ2) is 11.8. The predicted octanol–water partition coefficient (Wildman–Crippen LogP) is 1.74. The average Bonchev–Trinajstić information content (AvgIpc) is 2.89. The van der Waals surface area contributed by atoms with Crippen LogP contribution in [0.25, 0.3) is 0 Å². The molecule has 6 heteroatoms. The third kappa shape index (κ3) is 10.5. The summed E-state index contributed by atoms with van der Waals surface area (Å²) in [5.74, 6) is 0.833. The highest BCUT2D eigenvalue weighted by Gasteiger charge is 2.25. The van der Waals surface area contributed by atoms with E-state index in [-0.39, 0.29) is 18.2 Å². The Labute approximate surface area is 129 Å². The molecule has 6 nitrogen and oxygen atoms in total. The van der Waals surface area contributed by atoms with E-state index in [1.807, 2.05) is 0 Å². The number of carbonyl (C=O) groups excluding carboxylic acids is 1. The van der Waals surface area contributed by atoms with Crippen molar-refractivity contribution in [2.75, 3.05) is 47.6 Å². The van der Waals surface area contributed by atoms with Gasteiger partial charge in [-0.05, 0) is 12.3 Å². The zero-order valence-corrected chi connectivity index (χ0v) is 14.3. The molecule has 2 unspecified atom stereocenters. The van der Waals surface area contributed by atoms with Crippen molar-refractivity contribution < 1.29 is 19.0 Å². The number of hydrogen-bond donors (Lipinski definition) is 1. The van der Waals surface area contributed by atoms with Crippen LogP contribution in [0.15, 0.2) is 0 Å². The monoisotopic (exact) mass is 304 g/mol. The molecule has 1 aliphatic rings. The quantitative estimate of drug-likeness (QED) is 0.810. The van der Waals surface area contributed by atoms with Crippen LogP contribution >= 0.6 is 0 Å². The standard InChI is InChI=1S/C11H22N2O4.C4H10/c1-13(4-5-15-2)11(14)17-8-9-6-10(16-3)7-12-9;1-4(2)3/h9-10,12H,4-8H2,1-3H3;4H,1-3H3. The lowest BCUT2D eigenvalue weighted by atomic mass is 10.2. The van der Waals surface area contributed by atoms with Crippen LogP contribution in [0.3, 0.4) is 0 Å². The number of nitrogens with zero attached hydrogens (tertiary/aromatic N) is 1. The van der Waals surface area contributed by atoms with E-state index in [4.69, 9.17) is 14.2 Å². The summed E-state index contributed by atoms with van der Waals surface area (Å²) in [4.78, 5) is 13.1. The summed E-state index contributed by atoms with van der Waals surface area (Å²) in [6.45, 7) is 8.75. The Balaban J connectivity index is 0.000000885. The van der Waals surface area contributed by atoms with Gasteiger partial charge in [0.25, 0.3) is 0 Å². The first kappa shape index (κ1) is 20.1. The molecule has 1 N–H and O–H groups in total. The van der Waals surface area contributed by atoms with Gasteiger partial charge in [-0.25, -0.2) is 4.79 Å². The number of ether oxygens (including phenoxy) is 3. The molecule has 0 aliphatic carbocycles. The van der Waals surface area contributed by atoms with E-state index >= 15 is 0 Å². The summed E-state index contributed by atoms with van der Waals surface area (Å²) in [6.07, 6.45) is 0.792. The Hall–Kier alpha value is -0.850. The first-order valence-corrected chi connectivity index (χ1v) is 7.53. The largest absolute Gasteiger partial charge is 0.448 e. The number of hydrogen-bond acceptors (Lipinski definition) is 5. The second-order valence-electron chi connectivity index (χ2n) is 5.92. The normalized spacial score (nSPS) is 20.9. The highest BCUT2D eigenvalue weighted by Crippen LogP contribution is 2.09. The van der Waals surface area contributed by atoms with Crippen molar-refractivity contribution in [2.24, 2.45) is 5.92 Å². The first-order chi connectivity index (χ1) is 9.90. The van der Waals surface area contributed by atoms with Gasteiger partial charge < -0.3 is 24.4 Å². The summed E-state index contributed by atoms with van der Waals surface area (Å²) in [5.41, 5.74) is 0. The van der Waals surface area contributed by atoms with Gasteiger partial charge in [0, 0.05) is 40.4 Å². The van der Waals surface area contributed by atoms with E-state index in [1.165, 1.54) is 4.90 Å². The molecule has 0 aromatic carbocycles. The SMILES string of the molecule is CC(C)C.COCCN(C)C(=O)OCC1CC(OC)CN1. The molecular formula is C15H32N2O4. The average molecular weight is 304 g/mol. The van der Waals surface area contributed by atoms with E-state index in [2.05, 4.69) is 26.1 Å². The van der Waals surface area contributed by atoms with Gasteiger partial charge in [-0.15, -0.1) is 0 Å². The predicted molar refractivity (Wildman–Crippen MR) is 83.6 cm³/mol. The van der Waals surface area contributed by atoms with E-state index < -0.39 is 0 Å². The van der Waals surface area contributed by atoms with Crippen LogP contribution in [0.2, 0.25) is 0 Å². The maximum atomic E-state index is 11.5. The fraction of sp³-hybridized carbons (Fsp3) is 0.933. The molecule has 0 spiro atoms. The molecule has 0 saturated carbocycles. The van der Waals surface area contributed by atoms with Gasteiger partial charge in [0.1, 0.15) is 6.61 Å². The Bertz CT molecular complexity index is 272. The summed E-state index contributed by atoms with van der Waals surface area (Å²) >= 11 is 0. The van der Waals surface area contributed by atoms with Gasteiger partial charge in [-0.2, -0.15) is 0 Å². The van der Waals surface area contributed by atoms with Crippen LogP contribution in [0.1, 0.15) is 27.2 Å². The fourth-order valence-corrected chi connectivity index (χ4v) is 1.69. The van der Waals surface area contributed by atoms with Crippen LogP contribution in [0, 0.1) is 5.92 Å². The van der Waals surface area contributed by atoms with Gasteiger partial charge in [0.05, 0.1) is 12.7 Å². The lowest BCUT2D eigenvalue weighted by Gasteiger charge is -2.18. The molecule has 0 aromatic rings. The topological polar surface area (TPSA) is 60.0 Å². The molecule has 0 bridgehead atoms. The highest BCUT2D eigenvalue weighted by atomic mass is 16.6. The van der Waals surface area contributed by atoms with Gasteiger partial charge >= 0.3 is 6.09 Å². The molecule has 21 heavy (non-hydrogen) atoms. The number of likely N-dealkylation sites (N-methyl/N-ethyl adjacent to an activating group) is 1. The summed E-state index contributed by atoms with van der Waals surface area (Å²) < 4.78 is 15.3. The maximum absolute atomic E-state index is 11.5. The van der Waals surface area contributed by atoms with Crippen LogP contribution in [0.5, 0.6) is 0 Å². The van der Waals surface area contributed by atoms with Crippen LogP contribution in [0.4, 0.5) is 4.79 Å². The van der Waals surface area contributed by atoms with Gasteiger partial charge in [-0.3, -0.25) is 0 Å². The molecule has 126 valence electrons. The van der Waals surface area contributed by atoms with Crippen molar-refractivity contribution in [3.8, 4) is 0 Å². The van der Waals surface area contributed by atoms with Crippen LogP contribution in [-0.2, 0) is 14.2 Å². The number of methoxy groups -OCH3 is 2. The first-order valence-electron chi connectivity index (χ1n) is 7.53. The summed E-state index contributed by atoms with van der Waals surface area (Å²) in [7, 11) is 4.99. The molecule has 2 atom stereocenters. The molecule has 0 aromatic heterocycles. The molecule has 1 heterocycles. The molecular weight excluding hydrogens is 272 g/mol. The summed E-state index contributed by atoms with van der Waals surface area (Å²) in [6, 6.07) is 0.194. The minimum atomic E-state index is -0.315. The molecule has 1 amide bonds. The Kier molecular flexibility index (Phi) is 11.3. The highest BCUT2D eigenvalue weighted by molar-refractivity contribution is 5.67. The number of rotatable bonds is 6. The van der Waals surface area contributed by atoms with Crippen molar-refractivity contribution in [1.82, 2.24) is 10.2 Å². The molecule has 1 fully saturated rings. The van der Waals surface area contributed by atoms with Crippen LogP contribution < -0.4 is 5.32 Å². The lowest BCUT2D eigenvalue weighted by molar-refractivity contribution is 0.0857. The molecule has 1 aliphatic heterocycles. The molecule has 0 radical (unpaired) electrons. The maximum Gasteiger partial charge on any atom is 0.409 e. The fourth-order valence-electron chi connectivity index (χ4n) is 1.69. The van der Waals surface area contributed by atoms with Crippen molar-refractivity contribution >= 4 is 6.09 Å². The Morgan fingerprint density at radius 3 is 2.43 bits per heavy atom. The third-order valence-corrected chi connectivity index (χ3v) is 2.87. The Morgan fingerprint density at radius 1 is 1.33 bits per heavy atom. The van der Waals surface area contributed by atoms with Gasteiger partial charge in [0.2, 0.25) is 0 Å². The zero-order chi connectivity index (χ0) is 16.3. The lowest BCUT2D eigenvalue weighted by Crippen LogP contribution is -2.34. The van der Waals surface area contributed by atoms with Crippen molar-refractivity contribution in [2.45, 2.75) is 39.3 Å². The number of amides is 1. The van der Waals surface area contributed by atoms with E-state index in [0.29, 0.717) is 19.8 Å². The van der Waals surface area contributed by atoms with Crippen molar-refractivity contribution in [3.63, 3.8) is 0 Å². The minimum absolute atomic E-state index is 0.194. The van der Waals surface area contributed by atoms with Gasteiger partial charge in [-0.1, -0.05) is 20.8 Å². The van der Waals surface area contributed by atoms with Crippen molar-refractivity contribution in [3.05, 3.63) is 0 Å². The second-order valence-corrected chi connectivity index (χ2v) is 5.92. The van der Waals surface area contributed by atoms with E-state index in [0.717, 1.165) is 18.9 Å². The van der Waals surface area contributed by atoms with E-state index in [1.54, 1.807) is 21.3 Å². The zero-order valence-electron chi connectivity index (χ0n) is 14.3.